The Bertz CT molecular complexity index is 1090. The maximum Gasteiger partial charge on any atom is 0.251 e. The third-order valence-electron chi connectivity index (χ3n) is 7.07. The molecule has 3 aromatic rings. The summed E-state index contributed by atoms with van der Waals surface area (Å²) < 4.78 is 29.1. The van der Waals surface area contributed by atoms with Crippen LogP contribution in [-0.4, -0.2) is 58.6 Å². The fourth-order valence-corrected chi connectivity index (χ4v) is 4.77. The van der Waals surface area contributed by atoms with Crippen molar-refractivity contribution in [2.75, 3.05) is 20.6 Å². The van der Waals surface area contributed by atoms with Crippen molar-refractivity contribution in [3.05, 3.63) is 60.0 Å². The van der Waals surface area contributed by atoms with E-state index in [0.29, 0.717) is 19.4 Å². The van der Waals surface area contributed by atoms with Crippen LogP contribution >= 0.6 is 0 Å². The van der Waals surface area contributed by atoms with Crippen molar-refractivity contribution in [3.63, 3.8) is 0 Å². The van der Waals surface area contributed by atoms with E-state index in [4.69, 9.17) is 0 Å². The third kappa shape index (κ3) is 5.05. The number of carbonyl (C=O) groups excluding carboxylic acids is 1. The van der Waals surface area contributed by atoms with Crippen LogP contribution in [0.4, 0.5) is 8.78 Å². The Hall–Kier alpha value is -2.87. The smallest absolute Gasteiger partial charge is 0.251 e. The second-order valence-corrected chi connectivity index (χ2v) is 9.50. The molecule has 1 saturated carbocycles. The molecule has 6 nitrogen and oxygen atoms in total. The van der Waals surface area contributed by atoms with Gasteiger partial charge in [-0.3, -0.25) is 14.9 Å². The lowest BCUT2D eigenvalue weighted by Gasteiger charge is -2.32. The highest BCUT2D eigenvalue weighted by molar-refractivity contribution is 5.78. The van der Waals surface area contributed by atoms with Crippen molar-refractivity contribution in [2.24, 2.45) is 5.41 Å². The lowest BCUT2D eigenvalue weighted by atomic mass is 9.77. The number of hydrogen-bond donors (Lipinski definition) is 2. The molecule has 0 saturated heterocycles. The van der Waals surface area contributed by atoms with Gasteiger partial charge < -0.3 is 10.2 Å². The minimum atomic E-state index is -2.85. The number of nitrogens with one attached hydrogen (secondary N) is 2. The van der Waals surface area contributed by atoms with Crippen molar-refractivity contribution in [2.45, 2.75) is 50.5 Å². The number of likely N-dealkylation sites (N-methyl/N-ethyl adjacent to an activating group) is 1. The van der Waals surface area contributed by atoms with E-state index in [2.05, 4.69) is 37.5 Å². The number of alkyl halides is 2. The molecule has 1 aliphatic carbocycles. The van der Waals surface area contributed by atoms with Gasteiger partial charge in [-0.25, -0.2) is 8.78 Å². The number of H-pyrrole nitrogens is 1. The SMILES string of the molecule is CN(C)[C@H](CNC(=O)CC(c1ccncc1)C1(C(C)(F)F)CC1)Cc1ccc2[nH]ncc2c1. The molecule has 1 fully saturated rings. The van der Waals surface area contributed by atoms with Crippen LogP contribution in [0.2, 0.25) is 0 Å². The first kappa shape index (κ1) is 23.3. The average Bonchev–Trinajstić information content (AvgIpc) is 3.47. The van der Waals surface area contributed by atoms with Crippen molar-refractivity contribution in [3.8, 4) is 0 Å². The van der Waals surface area contributed by atoms with Gasteiger partial charge in [0.25, 0.3) is 5.92 Å². The highest BCUT2D eigenvalue weighted by atomic mass is 19.3. The minimum Gasteiger partial charge on any atom is -0.355 e. The van der Waals surface area contributed by atoms with Gasteiger partial charge in [0.05, 0.1) is 11.7 Å². The van der Waals surface area contributed by atoms with Gasteiger partial charge in [-0.15, -0.1) is 0 Å². The molecule has 2 heterocycles. The molecule has 0 spiro atoms. The summed E-state index contributed by atoms with van der Waals surface area (Å²) in [6, 6.07) is 9.72. The quantitative estimate of drug-likeness (QED) is 0.482. The molecule has 1 unspecified atom stereocenters. The Labute approximate surface area is 192 Å². The normalized spacial score (nSPS) is 17.2. The first-order chi connectivity index (χ1) is 15.7. The van der Waals surface area contributed by atoms with Gasteiger partial charge in [0.1, 0.15) is 0 Å². The van der Waals surface area contributed by atoms with E-state index in [9.17, 15) is 13.6 Å². The van der Waals surface area contributed by atoms with E-state index in [1.807, 2.05) is 20.2 Å². The molecule has 176 valence electrons. The molecular weight excluding hydrogens is 424 g/mol. The number of hydrogen-bond acceptors (Lipinski definition) is 4. The van der Waals surface area contributed by atoms with Gasteiger partial charge >= 0.3 is 0 Å². The van der Waals surface area contributed by atoms with Crippen LogP contribution in [-0.2, 0) is 11.2 Å². The zero-order valence-corrected chi connectivity index (χ0v) is 19.3. The van der Waals surface area contributed by atoms with Gasteiger partial charge in [-0.05, 0) is 75.7 Å². The molecule has 33 heavy (non-hydrogen) atoms. The Kier molecular flexibility index (Phi) is 6.47. The predicted octanol–water partition coefficient (Wildman–Crippen LogP) is 4.16. The van der Waals surface area contributed by atoms with Gasteiger partial charge in [0.15, 0.2) is 0 Å². The van der Waals surface area contributed by atoms with Crippen LogP contribution in [0.15, 0.2) is 48.9 Å². The topological polar surface area (TPSA) is 73.9 Å². The molecule has 1 aliphatic rings. The second kappa shape index (κ2) is 9.17. The van der Waals surface area contributed by atoms with E-state index in [-0.39, 0.29) is 18.4 Å². The molecule has 1 aromatic carbocycles. The molecule has 0 radical (unpaired) electrons. The summed E-state index contributed by atoms with van der Waals surface area (Å²) in [5.41, 5.74) is 1.72. The third-order valence-corrected chi connectivity index (χ3v) is 7.07. The van der Waals surface area contributed by atoms with E-state index in [1.54, 1.807) is 30.7 Å². The first-order valence-electron chi connectivity index (χ1n) is 11.3. The fourth-order valence-electron chi connectivity index (χ4n) is 4.77. The molecule has 2 aromatic heterocycles. The van der Waals surface area contributed by atoms with E-state index in [1.165, 1.54) is 0 Å². The van der Waals surface area contributed by atoms with Crippen LogP contribution in [0, 0.1) is 5.41 Å². The van der Waals surface area contributed by atoms with Gasteiger partial charge in [-0.1, -0.05) is 6.07 Å². The lowest BCUT2D eigenvalue weighted by Crippen LogP contribution is -2.43. The van der Waals surface area contributed by atoms with Crippen molar-refractivity contribution in [1.82, 2.24) is 25.4 Å². The Morgan fingerprint density at radius 2 is 1.97 bits per heavy atom. The average molecular weight is 456 g/mol. The maximum atomic E-state index is 14.5. The molecule has 4 rings (SSSR count). The highest BCUT2D eigenvalue weighted by Gasteiger charge is 2.63. The van der Waals surface area contributed by atoms with Crippen molar-refractivity contribution < 1.29 is 13.6 Å². The Morgan fingerprint density at radius 3 is 2.61 bits per heavy atom. The van der Waals surface area contributed by atoms with E-state index >= 15 is 0 Å². The molecule has 2 N–H and O–H groups in total. The number of fused-ring (bicyclic) bond motifs is 1. The van der Waals surface area contributed by atoms with E-state index in [0.717, 1.165) is 35.4 Å². The standard InChI is InChI=1S/C25H31F2N5O/c1-24(26,27)25(8-9-25)21(18-6-10-28-11-7-18)14-23(33)29-16-20(32(2)3)13-17-4-5-22-19(12-17)15-30-31-22/h4-7,10-12,15,20-21H,8-9,13-14,16H2,1-3H3,(H,29,33)(H,30,31)/t20-,21?/m0/s1. The molecule has 8 heteroatoms. The Balaban J connectivity index is 1.43. The lowest BCUT2D eigenvalue weighted by molar-refractivity contribution is -0.123. The van der Waals surface area contributed by atoms with Gasteiger partial charge in [0.2, 0.25) is 5.91 Å². The Morgan fingerprint density at radius 1 is 1.24 bits per heavy atom. The number of rotatable bonds is 10. The first-order valence-corrected chi connectivity index (χ1v) is 11.3. The summed E-state index contributed by atoms with van der Waals surface area (Å²) in [5, 5.41) is 11.1. The van der Waals surface area contributed by atoms with Crippen LogP contribution < -0.4 is 5.32 Å². The zero-order chi connectivity index (χ0) is 23.6. The summed E-state index contributed by atoms with van der Waals surface area (Å²) in [4.78, 5) is 19.0. The number of carbonyl (C=O) groups is 1. The monoisotopic (exact) mass is 455 g/mol. The van der Waals surface area contributed by atoms with Crippen molar-refractivity contribution >= 4 is 16.8 Å². The largest absolute Gasteiger partial charge is 0.355 e. The van der Waals surface area contributed by atoms with Crippen molar-refractivity contribution in [1.29, 1.82) is 0 Å². The van der Waals surface area contributed by atoms with Crippen LogP contribution in [0.5, 0.6) is 0 Å². The number of amides is 1. The minimum absolute atomic E-state index is 0.0363. The molecule has 2 atom stereocenters. The number of halogens is 2. The summed E-state index contributed by atoms with van der Waals surface area (Å²) in [6.07, 6.45) is 6.63. The number of aromatic nitrogens is 3. The molecule has 0 bridgehead atoms. The van der Waals surface area contributed by atoms with Crippen LogP contribution in [0.3, 0.4) is 0 Å². The van der Waals surface area contributed by atoms with E-state index < -0.39 is 17.3 Å². The fraction of sp³-hybridized carbons (Fsp3) is 0.480. The van der Waals surface area contributed by atoms with Gasteiger partial charge in [0, 0.05) is 48.1 Å². The summed E-state index contributed by atoms with van der Waals surface area (Å²) in [6.45, 7) is 1.42. The number of nitrogens with zero attached hydrogens (tertiary/aromatic N) is 3. The number of pyridine rings is 1. The second-order valence-electron chi connectivity index (χ2n) is 9.50. The van der Waals surface area contributed by atoms with Crippen LogP contribution in [0.1, 0.15) is 43.2 Å². The number of aromatic amines is 1. The summed E-state index contributed by atoms with van der Waals surface area (Å²) in [5.74, 6) is -3.59. The number of benzene rings is 1. The summed E-state index contributed by atoms with van der Waals surface area (Å²) >= 11 is 0. The predicted molar refractivity (Wildman–Crippen MR) is 124 cm³/mol. The zero-order valence-electron chi connectivity index (χ0n) is 19.3. The molecular formula is C25H31F2N5O. The van der Waals surface area contributed by atoms with Gasteiger partial charge in [-0.2, -0.15) is 5.10 Å². The highest BCUT2D eigenvalue weighted by Crippen LogP contribution is 2.65. The molecule has 0 aliphatic heterocycles. The molecule has 1 amide bonds. The summed E-state index contributed by atoms with van der Waals surface area (Å²) in [7, 11) is 3.95. The van der Waals surface area contributed by atoms with Crippen LogP contribution in [0.25, 0.3) is 10.9 Å². The maximum absolute atomic E-state index is 14.5.